The van der Waals surface area contributed by atoms with E-state index in [9.17, 15) is 9.59 Å². The highest BCUT2D eigenvalue weighted by Crippen LogP contribution is 2.26. The van der Waals surface area contributed by atoms with Crippen LogP contribution in [0.15, 0.2) is 53.1 Å². The normalized spacial score (nSPS) is 16.8. The van der Waals surface area contributed by atoms with Crippen LogP contribution >= 0.6 is 11.6 Å². The van der Waals surface area contributed by atoms with Crippen molar-refractivity contribution in [2.75, 3.05) is 6.54 Å². The number of furan rings is 1. The van der Waals surface area contributed by atoms with E-state index < -0.39 is 0 Å². The van der Waals surface area contributed by atoms with Gasteiger partial charge in [0.1, 0.15) is 5.69 Å². The summed E-state index contributed by atoms with van der Waals surface area (Å²) in [6, 6.07) is 12.3. The summed E-state index contributed by atoms with van der Waals surface area (Å²) < 4.78 is 7.12. The van der Waals surface area contributed by atoms with Crippen LogP contribution in [0.4, 0.5) is 0 Å². The van der Waals surface area contributed by atoms with E-state index in [4.69, 9.17) is 16.0 Å². The fraction of sp³-hybridized carbons (Fsp3) is 0.211. The summed E-state index contributed by atoms with van der Waals surface area (Å²) in [6.45, 7) is 0.421. The van der Waals surface area contributed by atoms with Gasteiger partial charge in [0.2, 0.25) is 5.91 Å². The number of halogens is 1. The summed E-state index contributed by atoms with van der Waals surface area (Å²) in [5.41, 5.74) is 1.63. The molecule has 1 fully saturated rings. The fourth-order valence-corrected chi connectivity index (χ4v) is 3.20. The molecule has 2 aromatic heterocycles. The number of hydrogen-bond acceptors (Lipinski definition) is 4. The third kappa shape index (κ3) is 3.73. The first kappa shape index (κ1) is 17.4. The van der Waals surface area contributed by atoms with Gasteiger partial charge in [-0.2, -0.15) is 5.10 Å². The van der Waals surface area contributed by atoms with Crippen molar-refractivity contribution in [2.45, 2.75) is 18.9 Å². The zero-order valence-corrected chi connectivity index (χ0v) is 15.1. The Morgan fingerprint density at radius 1 is 1.30 bits per heavy atom. The number of benzene rings is 1. The standard InChI is InChI=1S/C19H17ClN4O3/c20-12-3-1-4-14(9-12)24-16(17-5-2-8-27-17)10-15(23-24)19(26)22-13-6-7-18(25)21-11-13/h1-5,8-10,13H,6-7,11H2,(H,21,25)(H,22,26). The maximum Gasteiger partial charge on any atom is 0.272 e. The van der Waals surface area contributed by atoms with E-state index in [1.54, 1.807) is 41.3 Å². The molecule has 2 amide bonds. The third-order valence-corrected chi connectivity index (χ3v) is 4.60. The van der Waals surface area contributed by atoms with Crippen molar-refractivity contribution in [3.63, 3.8) is 0 Å². The molecule has 4 rings (SSSR count). The van der Waals surface area contributed by atoms with E-state index in [-0.39, 0.29) is 23.6 Å². The minimum Gasteiger partial charge on any atom is -0.463 e. The highest BCUT2D eigenvalue weighted by Gasteiger charge is 2.23. The number of rotatable bonds is 4. The molecule has 1 unspecified atom stereocenters. The number of nitrogens with one attached hydrogen (secondary N) is 2. The maximum absolute atomic E-state index is 12.7. The quantitative estimate of drug-likeness (QED) is 0.723. The number of carbonyl (C=O) groups is 2. The van der Waals surface area contributed by atoms with Gasteiger partial charge in [-0.25, -0.2) is 4.68 Å². The van der Waals surface area contributed by atoms with Crippen LogP contribution in [-0.4, -0.2) is 34.2 Å². The molecule has 1 atom stereocenters. The zero-order valence-electron chi connectivity index (χ0n) is 14.3. The molecule has 3 heterocycles. The molecular formula is C19H17ClN4O3. The van der Waals surface area contributed by atoms with Crippen LogP contribution in [0.2, 0.25) is 5.02 Å². The summed E-state index contributed by atoms with van der Waals surface area (Å²) in [4.78, 5) is 23.9. The number of hydrogen-bond donors (Lipinski definition) is 2. The van der Waals surface area contributed by atoms with E-state index in [1.165, 1.54) is 0 Å². The molecule has 1 aromatic carbocycles. The molecule has 1 aliphatic rings. The van der Waals surface area contributed by atoms with E-state index in [0.717, 1.165) is 5.69 Å². The van der Waals surface area contributed by atoms with Crippen LogP contribution in [0, 0.1) is 0 Å². The van der Waals surface area contributed by atoms with Crippen molar-refractivity contribution in [1.82, 2.24) is 20.4 Å². The Hall–Kier alpha value is -3.06. The largest absolute Gasteiger partial charge is 0.463 e. The van der Waals surface area contributed by atoms with Crippen molar-refractivity contribution >= 4 is 23.4 Å². The van der Waals surface area contributed by atoms with Crippen molar-refractivity contribution in [1.29, 1.82) is 0 Å². The first-order valence-electron chi connectivity index (χ1n) is 8.57. The molecule has 8 heteroatoms. The van der Waals surface area contributed by atoms with Crippen molar-refractivity contribution in [3.05, 3.63) is 59.4 Å². The second kappa shape index (κ2) is 7.28. The Labute approximate surface area is 160 Å². The van der Waals surface area contributed by atoms with Crippen molar-refractivity contribution in [2.24, 2.45) is 0 Å². The minimum atomic E-state index is -0.301. The van der Waals surface area contributed by atoms with E-state index in [2.05, 4.69) is 15.7 Å². The van der Waals surface area contributed by atoms with Crippen LogP contribution in [0.3, 0.4) is 0 Å². The smallest absolute Gasteiger partial charge is 0.272 e. The van der Waals surface area contributed by atoms with Gasteiger partial charge >= 0.3 is 0 Å². The summed E-state index contributed by atoms with van der Waals surface area (Å²) in [6.07, 6.45) is 2.58. The van der Waals surface area contributed by atoms with E-state index in [1.807, 2.05) is 12.1 Å². The molecule has 0 saturated carbocycles. The predicted molar refractivity (Wildman–Crippen MR) is 99.8 cm³/mol. The SMILES string of the molecule is O=C1CCC(NC(=O)c2cc(-c3ccco3)n(-c3cccc(Cl)c3)n2)CN1. The molecule has 7 nitrogen and oxygen atoms in total. The molecule has 1 aliphatic heterocycles. The molecular weight excluding hydrogens is 368 g/mol. The molecule has 0 aliphatic carbocycles. The average molecular weight is 385 g/mol. The lowest BCUT2D eigenvalue weighted by atomic mass is 10.1. The zero-order chi connectivity index (χ0) is 18.8. The van der Waals surface area contributed by atoms with Gasteiger partial charge in [0.25, 0.3) is 5.91 Å². The van der Waals surface area contributed by atoms with Gasteiger partial charge in [-0.3, -0.25) is 9.59 Å². The Balaban J connectivity index is 1.65. The Morgan fingerprint density at radius 3 is 2.89 bits per heavy atom. The molecule has 2 N–H and O–H groups in total. The average Bonchev–Trinajstić information content (AvgIpc) is 3.33. The Morgan fingerprint density at radius 2 is 2.19 bits per heavy atom. The molecule has 138 valence electrons. The van der Waals surface area contributed by atoms with Gasteiger partial charge in [-0.1, -0.05) is 17.7 Å². The lowest BCUT2D eigenvalue weighted by molar-refractivity contribution is -0.122. The van der Waals surface area contributed by atoms with Gasteiger partial charge in [0, 0.05) is 30.1 Å². The lowest BCUT2D eigenvalue weighted by Gasteiger charge is -2.22. The first-order valence-corrected chi connectivity index (χ1v) is 8.95. The number of aromatic nitrogens is 2. The number of carbonyl (C=O) groups excluding carboxylic acids is 2. The van der Waals surface area contributed by atoms with E-state index in [0.29, 0.717) is 35.9 Å². The minimum absolute atomic E-state index is 0.00541. The molecule has 0 radical (unpaired) electrons. The monoisotopic (exact) mass is 384 g/mol. The Kier molecular flexibility index (Phi) is 4.68. The molecule has 0 bridgehead atoms. The highest BCUT2D eigenvalue weighted by molar-refractivity contribution is 6.30. The molecule has 3 aromatic rings. The van der Waals surface area contributed by atoms with Gasteiger partial charge in [-0.05, 0) is 36.8 Å². The Bertz CT molecular complexity index is 971. The van der Waals surface area contributed by atoms with Crippen molar-refractivity contribution in [3.8, 4) is 17.1 Å². The van der Waals surface area contributed by atoms with Crippen LogP contribution < -0.4 is 10.6 Å². The highest BCUT2D eigenvalue weighted by atomic mass is 35.5. The fourth-order valence-electron chi connectivity index (χ4n) is 3.01. The second-order valence-electron chi connectivity index (χ2n) is 6.30. The van der Waals surface area contributed by atoms with Crippen LogP contribution in [0.25, 0.3) is 17.1 Å². The summed E-state index contributed by atoms with van der Waals surface area (Å²) in [5, 5.41) is 10.7. The second-order valence-corrected chi connectivity index (χ2v) is 6.73. The summed E-state index contributed by atoms with van der Waals surface area (Å²) in [7, 11) is 0. The predicted octanol–water partition coefficient (Wildman–Crippen LogP) is 2.79. The summed E-state index contributed by atoms with van der Waals surface area (Å²) in [5.74, 6) is 0.294. The number of nitrogens with zero attached hydrogens (tertiary/aromatic N) is 2. The number of amides is 2. The summed E-state index contributed by atoms with van der Waals surface area (Å²) >= 11 is 6.10. The topological polar surface area (TPSA) is 89.2 Å². The lowest BCUT2D eigenvalue weighted by Crippen LogP contribution is -2.47. The maximum atomic E-state index is 12.7. The van der Waals surface area contributed by atoms with Crippen LogP contribution in [0.1, 0.15) is 23.3 Å². The third-order valence-electron chi connectivity index (χ3n) is 4.37. The van der Waals surface area contributed by atoms with Crippen LogP contribution in [-0.2, 0) is 4.79 Å². The van der Waals surface area contributed by atoms with Crippen LogP contribution in [0.5, 0.6) is 0 Å². The van der Waals surface area contributed by atoms with Crippen molar-refractivity contribution < 1.29 is 14.0 Å². The van der Waals surface area contributed by atoms with E-state index >= 15 is 0 Å². The van der Waals surface area contributed by atoms with Gasteiger partial charge < -0.3 is 15.1 Å². The van der Waals surface area contributed by atoms with Gasteiger partial charge in [0.15, 0.2) is 11.5 Å². The van der Waals surface area contributed by atoms with Gasteiger partial charge in [0.05, 0.1) is 12.0 Å². The number of piperidine rings is 1. The van der Waals surface area contributed by atoms with Gasteiger partial charge in [-0.15, -0.1) is 0 Å². The first-order chi connectivity index (χ1) is 13.1. The molecule has 1 saturated heterocycles. The molecule has 0 spiro atoms. The molecule has 27 heavy (non-hydrogen) atoms.